The van der Waals surface area contributed by atoms with Crippen LogP contribution in [0.4, 0.5) is 5.69 Å². The Labute approximate surface area is 159 Å². The molecule has 1 aromatic carbocycles. The van der Waals surface area contributed by atoms with Crippen LogP contribution in [-0.2, 0) is 11.2 Å². The first-order chi connectivity index (χ1) is 13.0. The van der Waals surface area contributed by atoms with Gasteiger partial charge in [-0.1, -0.05) is 30.3 Å². The summed E-state index contributed by atoms with van der Waals surface area (Å²) in [5, 5.41) is 13.4. The molecule has 2 atom stereocenters. The Bertz CT molecular complexity index is 1040. The Balaban J connectivity index is 1.59. The van der Waals surface area contributed by atoms with Crippen molar-refractivity contribution in [3.63, 3.8) is 0 Å². The quantitative estimate of drug-likeness (QED) is 0.704. The fourth-order valence-electron chi connectivity index (χ4n) is 3.24. The molecule has 0 spiro atoms. The molecule has 0 radical (unpaired) electrons. The number of carboxylic acids is 1. The van der Waals surface area contributed by atoms with E-state index in [1.54, 1.807) is 17.5 Å². The van der Waals surface area contributed by atoms with Crippen molar-refractivity contribution >= 4 is 23.0 Å². The first kappa shape index (κ1) is 17.4. The van der Waals surface area contributed by atoms with Crippen molar-refractivity contribution in [1.29, 1.82) is 0 Å². The molecule has 0 unspecified atom stereocenters. The Hall–Kier alpha value is -3.00. The fraction of sp³-hybridized carbons (Fsp3) is 0.263. The number of carbonyl (C=O) groups is 1. The molecule has 27 heavy (non-hydrogen) atoms. The molecule has 3 aromatic rings. The second-order valence-electron chi connectivity index (χ2n) is 6.46. The average molecular weight is 382 g/mol. The van der Waals surface area contributed by atoms with Gasteiger partial charge in [0.2, 0.25) is 0 Å². The van der Waals surface area contributed by atoms with Gasteiger partial charge in [0.05, 0.1) is 12.2 Å². The molecule has 2 N–H and O–H groups in total. The van der Waals surface area contributed by atoms with Gasteiger partial charge in [0.15, 0.2) is 0 Å². The first-order valence-corrected chi connectivity index (χ1v) is 9.47. The molecule has 0 saturated carbocycles. The predicted molar refractivity (Wildman–Crippen MR) is 103 cm³/mol. The van der Waals surface area contributed by atoms with Crippen LogP contribution in [0.3, 0.4) is 0 Å². The first-order valence-electron chi connectivity index (χ1n) is 8.65. The summed E-state index contributed by atoms with van der Waals surface area (Å²) < 4.78 is 1.29. The maximum Gasteiger partial charge on any atom is 0.326 e. The maximum absolute atomic E-state index is 12.8. The van der Waals surface area contributed by atoms with E-state index in [4.69, 9.17) is 0 Å². The summed E-state index contributed by atoms with van der Waals surface area (Å²) in [5.41, 5.74) is 1.00. The van der Waals surface area contributed by atoms with Gasteiger partial charge in [-0.05, 0) is 13.3 Å². The minimum Gasteiger partial charge on any atom is -0.480 e. The molecule has 1 aliphatic rings. The number of anilines is 1. The number of aryl methyl sites for hydroxylation is 1. The Kier molecular flexibility index (Phi) is 4.49. The van der Waals surface area contributed by atoms with Crippen molar-refractivity contribution in [1.82, 2.24) is 14.5 Å². The topological polar surface area (TPSA) is 97.1 Å². The number of hydrogen-bond donors (Lipinski definition) is 2. The monoisotopic (exact) mass is 382 g/mol. The summed E-state index contributed by atoms with van der Waals surface area (Å²) in [4.78, 5) is 33.9. The van der Waals surface area contributed by atoms with Gasteiger partial charge < -0.3 is 10.4 Å². The Morgan fingerprint density at radius 1 is 1.30 bits per heavy atom. The molecule has 0 aliphatic carbocycles. The van der Waals surface area contributed by atoms with Crippen molar-refractivity contribution in [2.45, 2.75) is 31.8 Å². The van der Waals surface area contributed by atoms with E-state index in [0.29, 0.717) is 24.4 Å². The van der Waals surface area contributed by atoms with E-state index in [2.05, 4.69) is 15.3 Å². The molecule has 3 heterocycles. The number of fused-ring (bicyclic) bond motifs is 1. The van der Waals surface area contributed by atoms with Crippen LogP contribution in [0.5, 0.6) is 0 Å². The molecule has 8 heteroatoms. The van der Waals surface area contributed by atoms with Crippen molar-refractivity contribution in [3.8, 4) is 10.6 Å². The van der Waals surface area contributed by atoms with Crippen LogP contribution in [0.15, 0.2) is 47.5 Å². The lowest BCUT2D eigenvalue weighted by Gasteiger charge is -2.15. The third kappa shape index (κ3) is 3.23. The van der Waals surface area contributed by atoms with Gasteiger partial charge in [-0.2, -0.15) is 0 Å². The molecule has 0 saturated heterocycles. The zero-order valence-corrected chi connectivity index (χ0v) is 15.4. The van der Waals surface area contributed by atoms with E-state index >= 15 is 0 Å². The summed E-state index contributed by atoms with van der Waals surface area (Å²) in [6, 6.07) is 8.90. The van der Waals surface area contributed by atoms with Crippen LogP contribution in [0, 0.1) is 0 Å². The average Bonchev–Trinajstić information content (AvgIpc) is 3.32. The molecule has 2 aromatic heterocycles. The highest BCUT2D eigenvalue weighted by molar-refractivity contribution is 7.15. The van der Waals surface area contributed by atoms with E-state index < -0.39 is 12.0 Å². The number of aromatic nitrogens is 3. The lowest BCUT2D eigenvalue weighted by Crippen LogP contribution is -2.30. The van der Waals surface area contributed by atoms with Crippen molar-refractivity contribution in [2.75, 3.05) is 5.32 Å². The zero-order valence-electron chi connectivity index (χ0n) is 14.6. The summed E-state index contributed by atoms with van der Waals surface area (Å²) >= 11 is 1.55. The SMILES string of the molecule is C[C@@H](Nc1cnc2n(c1=O)[C@H](C(=O)O)CC2)c1cnc(-c2ccccc2)s1. The molecule has 7 nitrogen and oxygen atoms in total. The normalized spacial score (nSPS) is 16.7. The lowest BCUT2D eigenvalue weighted by atomic mass is 10.2. The number of hydrogen-bond acceptors (Lipinski definition) is 6. The number of thiazole rings is 1. The third-order valence-corrected chi connectivity index (χ3v) is 5.88. The van der Waals surface area contributed by atoms with Crippen LogP contribution in [0.1, 0.15) is 36.1 Å². The van der Waals surface area contributed by atoms with E-state index in [1.165, 1.54) is 10.8 Å². The predicted octanol–water partition coefficient (Wildman–Crippen LogP) is 3.11. The minimum absolute atomic E-state index is 0.155. The highest BCUT2D eigenvalue weighted by Gasteiger charge is 2.31. The van der Waals surface area contributed by atoms with Crippen LogP contribution in [0.2, 0.25) is 0 Å². The summed E-state index contributed by atoms with van der Waals surface area (Å²) in [5.74, 6) is -0.479. The molecular weight excluding hydrogens is 364 g/mol. The van der Waals surface area contributed by atoms with Gasteiger partial charge >= 0.3 is 5.97 Å². The molecule has 4 rings (SSSR count). The van der Waals surface area contributed by atoms with E-state index in [1.807, 2.05) is 37.3 Å². The van der Waals surface area contributed by atoms with Gasteiger partial charge in [-0.3, -0.25) is 9.36 Å². The molecule has 0 amide bonds. The van der Waals surface area contributed by atoms with E-state index in [-0.39, 0.29) is 11.6 Å². The number of nitrogens with one attached hydrogen (secondary N) is 1. The molecular formula is C19H18N4O3S. The van der Waals surface area contributed by atoms with Crippen LogP contribution < -0.4 is 10.9 Å². The molecule has 0 bridgehead atoms. The lowest BCUT2D eigenvalue weighted by molar-refractivity contribution is -0.140. The Morgan fingerprint density at radius 2 is 2.07 bits per heavy atom. The number of rotatable bonds is 5. The van der Waals surface area contributed by atoms with E-state index in [9.17, 15) is 14.7 Å². The fourth-order valence-corrected chi connectivity index (χ4v) is 4.17. The summed E-state index contributed by atoms with van der Waals surface area (Å²) in [7, 11) is 0. The molecule has 0 fully saturated rings. The number of benzene rings is 1. The smallest absolute Gasteiger partial charge is 0.326 e. The van der Waals surface area contributed by atoms with Crippen LogP contribution >= 0.6 is 11.3 Å². The molecule has 1 aliphatic heterocycles. The number of nitrogens with zero attached hydrogens (tertiary/aromatic N) is 3. The second-order valence-corrected chi connectivity index (χ2v) is 7.52. The highest BCUT2D eigenvalue weighted by atomic mass is 32.1. The van der Waals surface area contributed by atoms with Gasteiger partial charge in [0.1, 0.15) is 22.6 Å². The second kappa shape index (κ2) is 6.96. The van der Waals surface area contributed by atoms with E-state index in [0.717, 1.165) is 15.4 Å². The van der Waals surface area contributed by atoms with Gasteiger partial charge in [-0.25, -0.2) is 14.8 Å². The summed E-state index contributed by atoms with van der Waals surface area (Å²) in [6.45, 7) is 1.94. The van der Waals surface area contributed by atoms with Crippen LogP contribution in [-0.4, -0.2) is 25.6 Å². The van der Waals surface area contributed by atoms with Crippen molar-refractivity contribution in [2.24, 2.45) is 0 Å². The standard InChI is InChI=1S/C19H18N4O3S/c1-11(15-10-21-17(27-15)12-5-3-2-4-6-12)22-13-9-20-16-8-7-14(19(25)26)23(16)18(13)24/h2-6,9-11,14,22H,7-8H2,1H3,(H,25,26)/t11-,14+/m1/s1. The minimum atomic E-state index is -1.00. The molecule has 138 valence electrons. The summed E-state index contributed by atoms with van der Waals surface area (Å²) in [6.07, 6.45) is 4.18. The maximum atomic E-state index is 12.8. The number of aliphatic carboxylic acids is 1. The van der Waals surface area contributed by atoms with Crippen molar-refractivity contribution in [3.05, 3.63) is 63.8 Å². The van der Waals surface area contributed by atoms with Crippen LogP contribution in [0.25, 0.3) is 10.6 Å². The number of carboxylic acid groups (broad SMARTS) is 1. The van der Waals surface area contributed by atoms with Gasteiger partial charge in [0.25, 0.3) is 5.56 Å². The highest BCUT2D eigenvalue weighted by Crippen LogP contribution is 2.30. The Morgan fingerprint density at radius 3 is 2.81 bits per heavy atom. The van der Waals surface area contributed by atoms with Gasteiger partial charge in [-0.15, -0.1) is 11.3 Å². The van der Waals surface area contributed by atoms with Gasteiger partial charge in [0, 0.05) is 23.1 Å². The third-order valence-electron chi connectivity index (χ3n) is 4.65. The zero-order chi connectivity index (χ0) is 19.0. The largest absolute Gasteiger partial charge is 0.480 e. The van der Waals surface area contributed by atoms with Crippen molar-refractivity contribution < 1.29 is 9.90 Å².